The number of hydrogen-bond acceptors (Lipinski definition) is 4. The van der Waals surface area contributed by atoms with Crippen molar-refractivity contribution in [3.8, 4) is 11.5 Å². The normalized spacial score (nSPS) is 19.7. The minimum atomic E-state index is -0.296. The largest absolute Gasteiger partial charge is 0.493 e. The number of ether oxygens (including phenoxy) is 2. The Morgan fingerprint density at radius 2 is 1.60 bits per heavy atom. The van der Waals surface area contributed by atoms with Crippen molar-refractivity contribution in [1.82, 2.24) is 5.32 Å². The molecule has 1 amide bonds. The van der Waals surface area contributed by atoms with E-state index in [1.54, 1.807) is 7.11 Å². The second-order valence-corrected chi connectivity index (χ2v) is 9.32. The average Bonchev–Trinajstić information content (AvgIpc) is 2.87. The number of carbonyl (C=O) groups is 2. The zero-order valence-corrected chi connectivity index (χ0v) is 20.0. The number of carbonyl (C=O) groups excluding carboxylic acids is 2. The molecule has 0 fully saturated rings. The Hall–Kier alpha value is -3.86. The summed E-state index contributed by atoms with van der Waals surface area (Å²) in [5, 5.41) is 3.01. The Morgan fingerprint density at radius 3 is 2.34 bits per heavy atom. The maximum absolute atomic E-state index is 13.4. The molecular formula is C30H29NO4. The van der Waals surface area contributed by atoms with Crippen LogP contribution >= 0.6 is 0 Å². The smallest absolute Gasteiger partial charge is 0.225 e. The lowest BCUT2D eigenvalue weighted by Crippen LogP contribution is -2.38. The molecule has 1 N–H and O–H groups in total. The van der Waals surface area contributed by atoms with E-state index in [2.05, 4.69) is 36.5 Å². The molecule has 3 aromatic rings. The van der Waals surface area contributed by atoms with Crippen LogP contribution < -0.4 is 14.8 Å². The highest BCUT2D eigenvalue weighted by atomic mass is 16.5. The average molecular weight is 468 g/mol. The van der Waals surface area contributed by atoms with Gasteiger partial charge in [-0.25, -0.2) is 0 Å². The molecular weight excluding hydrogens is 438 g/mol. The van der Waals surface area contributed by atoms with Crippen LogP contribution in [0.4, 0.5) is 0 Å². The maximum Gasteiger partial charge on any atom is 0.225 e. The van der Waals surface area contributed by atoms with Crippen molar-refractivity contribution in [3.63, 3.8) is 0 Å². The third-order valence-corrected chi connectivity index (χ3v) is 6.91. The van der Waals surface area contributed by atoms with Crippen LogP contribution in [-0.2, 0) is 16.2 Å². The summed E-state index contributed by atoms with van der Waals surface area (Å²) in [6.45, 7) is 2.45. The van der Waals surface area contributed by atoms with Crippen LogP contribution in [0.2, 0.25) is 0 Å². The van der Waals surface area contributed by atoms with Crippen LogP contribution in [0.5, 0.6) is 11.5 Å². The summed E-state index contributed by atoms with van der Waals surface area (Å²) in [7, 11) is 1.61. The highest BCUT2D eigenvalue weighted by Gasteiger charge is 2.38. The number of aryl methyl sites for hydroxylation is 1. The molecule has 0 spiro atoms. The van der Waals surface area contributed by atoms with Gasteiger partial charge in [0.25, 0.3) is 0 Å². The van der Waals surface area contributed by atoms with Crippen molar-refractivity contribution in [3.05, 3.63) is 106 Å². The zero-order chi connectivity index (χ0) is 24.4. The lowest BCUT2D eigenvalue weighted by Gasteiger charge is -2.34. The van der Waals surface area contributed by atoms with Crippen LogP contribution in [0.25, 0.3) is 0 Å². The predicted octanol–water partition coefficient (Wildman–Crippen LogP) is 5.59. The van der Waals surface area contributed by atoms with Gasteiger partial charge in [0, 0.05) is 30.0 Å². The highest BCUT2D eigenvalue weighted by Crippen LogP contribution is 2.44. The molecule has 0 saturated heterocycles. The van der Waals surface area contributed by atoms with Gasteiger partial charge in [0.2, 0.25) is 5.91 Å². The van der Waals surface area contributed by atoms with Crippen molar-refractivity contribution in [2.75, 3.05) is 7.11 Å². The Bertz CT molecular complexity index is 1280. The van der Waals surface area contributed by atoms with Gasteiger partial charge in [-0.3, -0.25) is 9.59 Å². The number of amides is 1. The van der Waals surface area contributed by atoms with Crippen molar-refractivity contribution in [1.29, 1.82) is 0 Å². The molecule has 0 saturated carbocycles. The first-order valence-corrected chi connectivity index (χ1v) is 12.0. The quantitative estimate of drug-likeness (QED) is 0.514. The van der Waals surface area contributed by atoms with E-state index in [1.807, 2.05) is 48.5 Å². The number of nitrogens with one attached hydrogen (secondary N) is 1. The molecule has 0 aromatic heterocycles. The number of hydrogen-bond donors (Lipinski definition) is 1. The van der Waals surface area contributed by atoms with E-state index < -0.39 is 0 Å². The summed E-state index contributed by atoms with van der Waals surface area (Å²) in [6.07, 6.45) is 1.34. The monoisotopic (exact) mass is 467 g/mol. The molecule has 1 aliphatic heterocycles. The number of methoxy groups -OCH3 is 1. The van der Waals surface area contributed by atoms with Crippen molar-refractivity contribution in [2.24, 2.45) is 0 Å². The maximum atomic E-state index is 13.4. The molecule has 3 aromatic carbocycles. The van der Waals surface area contributed by atoms with Gasteiger partial charge in [-0.15, -0.1) is 0 Å². The molecule has 2 atom stereocenters. The van der Waals surface area contributed by atoms with E-state index in [1.165, 1.54) is 5.56 Å². The summed E-state index contributed by atoms with van der Waals surface area (Å²) >= 11 is 0. The minimum absolute atomic E-state index is 0.0614. The minimum Gasteiger partial charge on any atom is -0.493 e. The van der Waals surface area contributed by atoms with Gasteiger partial charge in [-0.1, -0.05) is 66.2 Å². The lowest BCUT2D eigenvalue weighted by atomic mass is 9.73. The van der Waals surface area contributed by atoms with E-state index in [4.69, 9.17) is 9.47 Å². The summed E-state index contributed by atoms with van der Waals surface area (Å²) in [5.74, 6) is 1.03. The molecule has 0 bridgehead atoms. The van der Waals surface area contributed by atoms with Gasteiger partial charge < -0.3 is 14.8 Å². The van der Waals surface area contributed by atoms with Crippen LogP contribution in [0, 0.1) is 6.92 Å². The molecule has 35 heavy (non-hydrogen) atoms. The molecule has 1 heterocycles. The standard InChI is InChI=1S/C30H29NO4/c1-19-8-10-21(11-9-19)23-14-25-30(26(32)15-23)24(17-29(33)31-25)22-12-13-27(34-2)28(16-22)35-18-20-6-4-3-5-7-20/h3-13,16,23-24H,14-15,17-18H2,1-2H3,(H,31,33). The fourth-order valence-electron chi connectivity index (χ4n) is 5.08. The zero-order valence-electron chi connectivity index (χ0n) is 20.0. The second kappa shape index (κ2) is 9.79. The van der Waals surface area contributed by atoms with E-state index in [9.17, 15) is 9.59 Å². The Morgan fingerprint density at radius 1 is 0.857 bits per heavy atom. The van der Waals surface area contributed by atoms with Crippen LogP contribution in [0.1, 0.15) is 53.4 Å². The molecule has 2 aliphatic rings. The Balaban J connectivity index is 1.45. The van der Waals surface area contributed by atoms with E-state index in [-0.39, 0.29) is 29.9 Å². The van der Waals surface area contributed by atoms with E-state index in [0.717, 1.165) is 28.0 Å². The van der Waals surface area contributed by atoms with Crippen molar-refractivity contribution in [2.45, 2.75) is 44.6 Å². The summed E-state index contributed by atoms with van der Waals surface area (Å²) in [4.78, 5) is 26.1. The van der Waals surface area contributed by atoms with Gasteiger partial charge in [0.15, 0.2) is 17.3 Å². The SMILES string of the molecule is COc1ccc(C2CC(=O)NC3=C2C(=O)CC(c2ccc(C)cc2)C3)cc1OCc1ccccc1. The molecule has 5 rings (SSSR count). The van der Waals surface area contributed by atoms with Crippen molar-refractivity contribution < 1.29 is 19.1 Å². The van der Waals surface area contributed by atoms with Crippen LogP contribution in [-0.4, -0.2) is 18.8 Å². The Labute approximate surface area is 205 Å². The molecule has 178 valence electrons. The van der Waals surface area contributed by atoms with Crippen molar-refractivity contribution >= 4 is 11.7 Å². The van der Waals surface area contributed by atoms with Gasteiger partial charge in [0.1, 0.15) is 6.61 Å². The highest BCUT2D eigenvalue weighted by molar-refractivity contribution is 6.02. The summed E-state index contributed by atoms with van der Waals surface area (Å²) in [6, 6.07) is 23.9. The number of allylic oxidation sites excluding steroid dienone is 2. The number of benzene rings is 3. The predicted molar refractivity (Wildman–Crippen MR) is 134 cm³/mol. The van der Waals surface area contributed by atoms with Crippen LogP contribution in [0.15, 0.2) is 84.1 Å². The third-order valence-electron chi connectivity index (χ3n) is 6.91. The molecule has 5 heteroatoms. The number of Topliss-reactive ketones (excluding diaryl/α,β-unsaturated/α-hetero) is 1. The fourth-order valence-corrected chi connectivity index (χ4v) is 5.08. The van der Waals surface area contributed by atoms with E-state index in [0.29, 0.717) is 30.9 Å². The van der Waals surface area contributed by atoms with Gasteiger partial charge >= 0.3 is 0 Å². The first-order chi connectivity index (χ1) is 17.0. The first-order valence-electron chi connectivity index (χ1n) is 12.0. The second-order valence-electron chi connectivity index (χ2n) is 9.32. The molecule has 0 radical (unpaired) electrons. The third kappa shape index (κ3) is 4.85. The molecule has 1 aliphatic carbocycles. The summed E-state index contributed by atoms with van der Waals surface area (Å²) < 4.78 is 11.6. The Kier molecular flexibility index (Phi) is 6.41. The van der Waals surface area contributed by atoms with Crippen LogP contribution in [0.3, 0.4) is 0 Å². The van der Waals surface area contributed by atoms with Gasteiger partial charge in [0.05, 0.1) is 7.11 Å². The molecule has 5 nitrogen and oxygen atoms in total. The first kappa shape index (κ1) is 22.9. The lowest BCUT2D eigenvalue weighted by molar-refractivity contribution is -0.122. The fraction of sp³-hybridized carbons (Fsp3) is 0.267. The molecule has 2 unspecified atom stereocenters. The van der Waals surface area contributed by atoms with Gasteiger partial charge in [-0.2, -0.15) is 0 Å². The summed E-state index contributed by atoms with van der Waals surface area (Å²) in [5.41, 5.74) is 5.74. The van der Waals surface area contributed by atoms with Gasteiger partial charge in [-0.05, 0) is 48.1 Å². The topological polar surface area (TPSA) is 64.6 Å². The van der Waals surface area contributed by atoms with E-state index >= 15 is 0 Å². The number of ketones is 1. The number of rotatable bonds is 6.